The van der Waals surface area contributed by atoms with Crippen molar-refractivity contribution in [2.45, 2.75) is 33.6 Å². The summed E-state index contributed by atoms with van der Waals surface area (Å²) >= 11 is 3.65. The lowest BCUT2D eigenvalue weighted by Crippen LogP contribution is -2.23. The number of hydrogen-bond donors (Lipinski definition) is 1. The molecule has 1 saturated heterocycles. The molecule has 1 atom stereocenters. The minimum absolute atomic E-state index is 0.739. The summed E-state index contributed by atoms with van der Waals surface area (Å²) in [6.45, 7) is 9.88. The molecule has 5 heteroatoms. The molecule has 106 valence electrons. The van der Waals surface area contributed by atoms with Crippen molar-refractivity contribution in [3.8, 4) is 0 Å². The Morgan fingerprint density at radius 3 is 2.89 bits per heavy atom. The van der Waals surface area contributed by atoms with E-state index in [2.05, 4.69) is 56.9 Å². The first kappa shape index (κ1) is 14.6. The van der Waals surface area contributed by atoms with Crippen molar-refractivity contribution in [2.24, 2.45) is 11.8 Å². The zero-order valence-corrected chi connectivity index (χ0v) is 13.6. The van der Waals surface area contributed by atoms with E-state index in [9.17, 15) is 0 Å². The molecule has 0 radical (unpaired) electrons. The first-order chi connectivity index (χ1) is 9.13. The molecule has 0 aromatic carbocycles. The molecule has 0 spiro atoms. The summed E-state index contributed by atoms with van der Waals surface area (Å²) in [5.74, 6) is 3.44. The van der Waals surface area contributed by atoms with E-state index in [0.717, 1.165) is 54.0 Å². The van der Waals surface area contributed by atoms with Gasteiger partial charge in [0.2, 0.25) is 0 Å². The van der Waals surface area contributed by atoms with Crippen LogP contribution in [0.1, 0.15) is 33.6 Å². The molecule has 1 aliphatic rings. The van der Waals surface area contributed by atoms with Gasteiger partial charge in [-0.2, -0.15) is 0 Å². The highest BCUT2D eigenvalue weighted by molar-refractivity contribution is 9.10. The van der Waals surface area contributed by atoms with Gasteiger partial charge in [0, 0.05) is 19.6 Å². The molecule has 0 aliphatic carbocycles. The average molecular weight is 327 g/mol. The largest absolute Gasteiger partial charge is 0.369 e. The van der Waals surface area contributed by atoms with Gasteiger partial charge in [0.1, 0.15) is 22.4 Å². The van der Waals surface area contributed by atoms with Crippen LogP contribution in [-0.4, -0.2) is 29.6 Å². The van der Waals surface area contributed by atoms with Gasteiger partial charge < -0.3 is 10.2 Å². The maximum atomic E-state index is 4.45. The molecule has 2 heterocycles. The van der Waals surface area contributed by atoms with E-state index in [1.165, 1.54) is 6.42 Å². The van der Waals surface area contributed by atoms with E-state index in [1.807, 2.05) is 0 Å². The van der Waals surface area contributed by atoms with Gasteiger partial charge >= 0.3 is 0 Å². The van der Waals surface area contributed by atoms with Crippen LogP contribution >= 0.6 is 15.9 Å². The van der Waals surface area contributed by atoms with Crippen molar-refractivity contribution in [1.29, 1.82) is 0 Å². The number of anilines is 2. The van der Waals surface area contributed by atoms with E-state index < -0.39 is 0 Å². The van der Waals surface area contributed by atoms with E-state index in [0.29, 0.717) is 0 Å². The summed E-state index contributed by atoms with van der Waals surface area (Å²) in [5.41, 5.74) is 0. The lowest BCUT2D eigenvalue weighted by atomic mass is 9.95. The fourth-order valence-electron chi connectivity index (χ4n) is 2.47. The van der Waals surface area contributed by atoms with Gasteiger partial charge in [0.05, 0.1) is 0 Å². The van der Waals surface area contributed by atoms with Crippen molar-refractivity contribution in [2.75, 3.05) is 29.9 Å². The Bertz CT molecular complexity index is 422. The second-order valence-electron chi connectivity index (χ2n) is 5.53. The Balaban J connectivity index is 2.12. The number of hydrogen-bond acceptors (Lipinski definition) is 4. The van der Waals surface area contributed by atoms with Crippen molar-refractivity contribution in [1.82, 2.24) is 9.97 Å². The third kappa shape index (κ3) is 3.38. The Labute approximate surface area is 124 Å². The number of rotatable bonds is 5. The first-order valence-corrected chi connectivity index (χ1v) is 7.92. The van der Waals surface area contributed by atoms with Crippen LogP contribution in [0.2, 0.25) is 0 Å². The quantitative estimate of drug-likeness (QED) is 0.898. The van der Waals surface area contributed by atoms with Gasteiger partial charge in [0.15, 0.2) is 0 Å². The van der Waals surface area contributed by atoms with Crippen LogP contribution in [0.4, 0.5) is 11.6 Å². The zero-order chi connectivity index (χ0) is 13.8. The predicted molar refractivity (Wildman–Crippen MR) is 83.7 cm³/mol. The molecule has 1 aromatic rings. The molecule has 1 fully saturated rings. The lowest BCUT2D eigenvalue weighted by molar-refractivity contribution is 0.422. The fourth-order valence-corrected chi connectivity index (χ4v) is 3.07. The number of aromatic nitrogens is 2. The molecular weight excluding hydrogens is 304 g/mol. The van der Waals surface area contributed by atoms with Gasteiger partial charge in [-0.1, -0.05) is 20.8 Å². The number of halogens is 1. The first-order valence-electron chi connectivity index (χ1n) is 7.12. The van der Waals surface area contributed by atoms with Crippen LogP contribution in [0, 0.1) is 11.8 Å². The molecule has 0 bridgehead atoms. The molecule has 1 aromatic heterocycles. The molecule has 19 heavy (non-hydrogen) atoms. The summed E-state index contributed by atoms with van der Waals surface area (Å²) < 4.78 is 0.993. The van der Waals surface area contributed by atoms with Crippen molar-refractivity contribution in [3.05, 3.63) is 10.8 Å². The van der Waals surface area contributed by atoms with Crippen LogP contribution < -0.4 is 10.2 Å². The fraction of sp³-hybridized carbons (Fsp3) is 0.714. The number of nitrogens with zero attached hydrogens (tertiary/aromatic N) is 3. The van der Waals surface area contributed by atoms with Gasteiger partial charge in [-0.3, -0.25) is 0 Å². The van der Waals surface area contributed by atoms with Crippen LogP contribution in [0.5, 0.6) is 0 Å². The van der Waals surface area contributed by atoms with Crippen LogP contribution in [0.15, 0.2) is 10.8 Å². The third-order valence-electron chi connectivity index (χ3n) is 3.78. The minimum atomic E-state index is 0.739. The number of nitrogens with one attached hydrogen (secondary N) is 1. The summed E-state index contributed by atoms with van der Waals surface area (Å²) in [7, 11) is 0. The maximum Gasteiger partial charge on any atom is 0.148 e. The van der Waals surface area contributed by atoms with Gasteiger partial charge in [0.25, 0.3) is 0 Å². The monoisotopic (exact) mass is 326 g/mol. The highest BCUT2D eigenvalue weighted by Gasteiger charge is 2.27. The molecule has 4 nitrogen and oxygen atoms in total. The van der Waals surface area contributed by atoms with Crippen LogP contribution in [0.3, 0.4) is 0 Å². The summed E-state index contributed by atoms with van der Waals surface area (Å²) in [6, 6.07) is 0. The Hall–Kier alpha value is -0.840. The highest BCUT2D eigenvalue weighted by atomic mass is 79.9. The topological polar surface area (TPSA) is 41.1 Å². The lowest BCUT2D eigenvalue weighted by Gasteiger charge is -2.21. The molecule has 1 aliphatic heterocycles. The average Bonchev–Trinajstić information content (AvgIpc) is 2.87. The van der Waals surface area contributed by atoms with Gasteiger partial charge in [-0.15, -0.1) is 0 Å². The van der Waals surface area contributed by atoms with E-state index >= 15 is 0 Å². The second kappa shape index (κ2) is 6.55. The zero-order valence-electron chi connectivity index (χ0n) is 12.0. The van der Waals surface area contributed by atoms with Crippen LogP contribution in [0.25, 0.3) is 0 Å². The second-order valence-corrected chi connectivity index (χ2v) is 6.32. The smallest absolute Gasteiger partial charge is 0.148 e. The SMILES string of the molecule is CCCNc1ncnc(N2CCC(C(C)C)C2)c1Br. The Morgan fingerprint density at radius 2 is 2.26 bits per heavy atom. The normalized spacial score (nSPS) is 19.2. The van der Waals surface area contributed by atoms with Crippen molar-refractivity contribution >= 4 is 27.6 Å². The van der Waals surface area contributed by atoms with E-state index in [-0.39, 0.29) is 0 Å². The standard InChI is InChI=1S/C14H23BrN4/c1-4-6-16-13-12(15)14(18-9-17-13)19-7-5-11(8-19)10(2)3/h9-11H,4-8H2,1-3H3,(H,16,17,18). The summed E-state index contributed by atoms with van der Waals surface area (Å²) in [4.78, 5) is 11.1. The van der Waals surface area contributed by atoms with Gasteiger partial charge in [-0.25, -0.2) is 9.97 Å². The molecule has 0 amide bonds. The maximum absolute atomic E-state index is 4.45. The molecule has 1 unspecified atom stereocenters. The molecular formula is C14H23BrN4. The summed E-state index contributed by atoms with van der Waals surface area (Å²) in [5, 5.41) is 3.34. The highest BCUT2D eigenvalue weighted by Crippen LogP contribution is 2.34. The Morgan fingerprint density at radius 1 is 1.47 bits per heavy atom. The van der Waals surface area contributed by atoms with Gasteiger partial charge in [-0.05, 0) is 40.6 Å². The van der Waals surface area contributed by atoms with E-state index in [1.54, 1.807) is 6.33 Å². The van der Waals surface area contributed by atoms with Crippen LogP contribution in [-0.2, 0) is 0 Å². The third-order valence-corrected chi connectivity index (χ3v) is 4.51. The summed E-state index contributed by atoms with van der Waals surface area (Å²) in [6.07, 6.45) is 4.00. The molecule has 0 saturated carbocycles. The predicted octanol–water partition coefficient (Wildman–Crippen LogP) is 3.54. The van der Waals surface area contributed by atoms with Crippen molar-refractivity contribution < 1.29 is 0 Å². The minimum Gasteiger partial charge on any atom is -0.369 e. The van der Waals surface area contributed by atoms with E-state index in [4.69, 9.17) is 0 Å². The Kier molecular flexibility index (Phi) is 5.02. The molecule has 1 N–H and O–H groups in total. The van der Waals surface area contributed by atoms with Crippen molar-refractivity contribution in [3.63, 3.8) is 0 Å². The molecule has 2 rings (SSSR count).